The Morgan fingerprint density at radius 3 is 2.89 bits per heavy atom. The van der Waals surface area contributed by atoms with Gasteiger partial charge in [0.2, 0.25) is 0 Å². The minimum Gasteiger partial charge on any atom is -0.494 e. The lowest BCUT2D eigenvalue weighted by atomic mass is 10.00. The monoisotopic (exact) mass is 400 g/mol. The molecule has 2 aromatic carbocycles. The van der Waals surface area contributed by atoms with E-state index in [1.165, 1.54) is 22.5 Å². The number of rotatable bonds is 5. The van der Waals surface area contributed by atoms with Crippen LogP contribution in [0.4, 0.5) is 0 Å². The second-order valence-corrected chi connectivity index (χ2v) is 8.14. The predicted molar refractivity (Wildman–Crippen MR) is 111 cm³/mol. The van der Waals surface area contributed by atoms with Crippen LogP contribution in [0.1, 0.15) is 20.8 Å². The summed E-state index contributed by atoms with van der Waals surface area (Å²) in [6.45, 7) is 3.41. The lowest BCUT2D eigenvalue weighted by Crippen LogP contribution is -2.37. The van der Waals surface area contributed by atoms with Crippen LogP contribution in [-0.2, 0) is 13.0 Å². The number of thiophene rings is 1. The predicted octanol–water partition coefficient (Wildman–Crippen LogP) is 4.35. The Balaban J connectivity index is 1.39. The molecule has 0 fully saturated rings. The molecule has 1 aromatic heterocycles. The first-order valence-electron chi connectivity index (χ1n) is 8.99. The molecule has 1 amide bonds. The number of hydrogen-bond acceptors (Lipinski definition) is 4. The van der Waals surface area contributed by atoms with E-state index in [-0.39, 0.29) is 5.91 Å². The van der Waals surface area contributed by atoms with Gasteiger partial charge in [-0.05, 0) is 35.7 Å². The molecule has 6 heteroatoms. The van der Waals surface area contributed by atoms with Gasteiger partial charge in [0, 0.05) is 41.3 Å². The Labute approximate surface area is 167 Å². The summed E-state index contributed by atoms with van der Waals surface area (Å²) >= 11 is 7.48. The summed E-state index contributed by atoms with van der Waals surface area (Å²) in [6, 6.07) is 14.2. The molecule has 1 aliphatic heterocycles. The summed E-state index contributed by atoms with van der Waals surface area (Å²) in [7, 11) is 1.60. The number of nitrogens with one attached hydrogen (secondary N) is 1. The third-order valence-corrected chi connectivity index (χ3v) is 6.31. The highest BCUT2D eigenvalue weighted by Gasteiger charge is 2.20. The summed E-state index contributed by atoms with van der Waals surface area (Å²) in [5.41, 5.74) is 2.82. The van der Waals surface area contributed by atoms with Gasteiger partial charge in [0.05, 0.1) is 7.11 Å². The number of hydrogen-bond donors (Lipinski definition) is 1. The van der Waals surface area contributed by atoms with Gasteiger partial charge in [-0.25, -0.2) is 0 Å². The minimum absolute atomic E-state index is 0.0958. The number of methoxy groups -OCH3 is 1. The third-order valence-electron chi connectivity index (χ3n) is 4.94. The van der Waals surface area contributed by atoms with Gasteiger partial charge in [-0.1, -0.05) is 35.9 Å². The lowest BCUT2D eigenvalue weighted by Gasteiger charge is -2.28. The van der Waals surface area contributed by atoms with E-state index in [1.54, 1.807) is 7.11 Å². The highest BCUT2D eigenvalue weighted by Crippen LogP contribution is 2.38. The van der Waals surface area contributed by atoms with Gasteiger partial charge in [-0.3, -0.25) is 9.69 Å². The smallest absolute Gasteiger partial charge is 0.265 e. The van der Waals surface area contributed by atoms with Crippen LogP contribution in [0.3, 0.4) is 0 Å². The van der Waals surface area contributed by atoms with E-state index in [4.69, 9.17) is 16.3 Å². The summed E-state index contributed by atoms with van der Waals surface area (Å²) in [5, 5.41) is 4.61. The van der Waals surface area contributed by atoms with E-state index in [0.29, 0.717) is 22.2 Å². The first-order valence-corrected chi connectivity index (χ1v) is 10.2. The molecule has 4 rings (SSSR count). The van der Waals surface area contributed by atoms with Gasteiger partial charge in [-0.2, -0.15) is 0 Å². The molecule has 1 N–H and O–H groups in total. The molecule has 140 valence electrons. The summed E-state index contributed by atoms with van der Waals surface area (Å²) in [4.78, 5) is 15.7. The number of fused-ring (bicyclic) bond motifs is 2. The molecule has 4 nitrogen and oxygen atoms in total. The molecule has 0 saturated heterocycles. The largest absolute Gasteiger partial charge is 0.494 e. The Kier molecular flexibility index (Phi) is 5.34. The lowest BCUT2D eigenvalue weighted by molar-refractivity contribution is 0.0949. The van der Waals surface area contributed by atoms with E-state index in [9.17, 15) is 4.79 Å². The zero-order chi connectivity index (χ0) is 18.8. The fourth-order valence-electron chi connectivity index (χ4n) is 3.55. The van der Waals surface area contributed by atoms with Crippen LogP contribution in [0.5, 0.6) is 5.75 Å². The van der Waals surface area contributed by atoms with Gasteiger partial charge in [0.1, 0.15) is 10.6 Å². The average molecular weight is 401 g/mol. The van der Waals surface area contributed by atoms with Crippen LogP contribution in [0.2, 0.25) is 5.02 Å². The van der Waals surface area contributed by atoms with Crippen molar-refractivity contribution in [2.45, 2.75) is 13.0 Å². The number of halogens is 1. The Hall–Kier alpha value is -2.08. The topological polar surface area (TPSA) is 41.6 Å². The average Bonchev–Trinajstić information content (AvgIpc) is 3.05. The van der Waals surface area contributed by atoms with Crippen LogP contribution in [0.15, 0.2) is 42.5 Å². The van der Waals surface area contributed by atoms with Crippen molar-refractivity contribution in [1.29, 1.82) is 0 Å². The highest BCUT2D eigenvalue weighted by atomic mass is 35.5. The van der Waals surface area contributed by atoms with Crippen molar-refractivity contribution >= 4 is 38.9 Å². The van der Waals surface area contributed by atoms with E-state index in [0.717, 1.165) is 36.1 Å². The van der Waals surface area contributed by atoms with Crippen LogP contribution >= 0.6 is 22.9 Å². The fourth-order valence-corrected chi connectivity index (χ4v) is 4.92. The molecule has 1 aliphatic rings. The Morgan fingerprint density at radius 2 is 2.07 bits per heavy atom. The Bertz CT molecular complexity index is 985. The normalized spacial score (nSPS) is 14.1. The number of nitrogens with zero attached hydrogens (tertiary/aromatic N) is 1. The molecule has 0 saturated carbocycles. The van der Waals surface area contributed by atoms with Crippen molar-refractivity contribution in [3.8, 4) is 5.75 Å². The number of ether oxygens (including phenoxy) is 1. The highest BCUT2D eigenvalue weighted by molar-refractivity contribution is 7.21. The maximum absolute atomic E-state index is 12.7. The van der Waals surface area contributed by atoms with Crippen molar-refractivity contribution < 1.29 is 9.53 Å². The van der Waals surface area contributed by atoms with E-state index >= 15 is 0 Å². The molecule has 0 aliphatic carbocycles. The molecule has 0 radical (unpaired) electrons. The first-order chi connectivity index (χ1) is 13.2. The molecular weight excluding hydrogens is 380 g/mol. The van der Waals surface area contributed by atoms with Crippen molar-refractivity contribution in [1.82, 2.24) is 10.2 Å². The quantitative estimate of drug-likeness (QED) is 0.692. The van der Waals surface area contributed by atoms with Crippen molar-refractivity contribution in [3.63, 3.8) is 0 Å². The van der Waals surface area contributed by atoms with Gasteiger partial charge >= 0.3 is 0 Å². The standard InChI is InChI=1S/C21H21ClN2O2S/c1-26-19-17-7-6-16(22)12-18(17)27-20(19)21(25)23-9-11-24-10-8-14-4-2-3-5-15(14)13-24/h2-7,12H,8-11,13H2,1H3,(H,23,25). The van der Waals surface area contributed by atoms with Gasteiger partial charge in [0.25, 0.3) is 5.91 Å². The molecule has 3 aromatic rings. The van der Waals surface area contributed by atoms with E-state index in [1.807, 2.05) is 18.2 Å². The third kappa shape index (κ3) is 3.81. The van der Waals surface area contributed by atoms with Gasteiger partial charge in [0.15, 0.2) is 0 Å². The minimum atomic E-state index is -0.0958. The zero-order valence-electron chi connectivity index (χ0n) is 15.1. The van der Waals surface area contributed by atoms with Crippen LogP contribution in [-0.4, -0.2) is 37.6 Å². The SMILES string of the molecule is COc1c(C(=O)NCCN2CCc3ccccc3C2)sc2cc(Cl)ccc12. The van der Waals surface area contributed by atoms with E-state index < -0.39 is 0 Å². The van der Waals surface area contributed by atoms with Crippen LogP contribution < -0.4 is 10.1 Å². The van der Waals surface area contributed by atoms with Gasteiger partial charge in [-0.15, -0.1) is 11.3 Å². The molecule has 0 bridgehead atoms. The molecule has 2 heterocycles. The van der Waals surface area contributed by atoms with Crippen molar-refractivity contribution in [2.75, 3.05) is 26.7 Å². The molecular formula is C21H21ClN2O2S. The summed E-state index contributed by atoms with van der Waals surface area (Å²) in [5.74, 6) is 0.526. The summed E-state index contributed by atoms with van der Waals surface area (Å²) in [6.07, 6.45) is 1.06. The number of benzene rings is 2. The molecule has 27 heavy (non-hydrogen) atoms. The molecule has 0 atom stereocenters. The number of carbonyl (C=O) groups is 1. The second-order valence-electron chi connectivity index (χ2n) is 6.66. The molecule has 0 spiro atoms. The summed E-state index contributed by atoms with van der Waals surface area (Å²) < 4.78 is 6.45. The second kappa shape index (κ2) is 7.89. The number of carbonyl (C=O) groups excluding carboxylic acids is 1. The van der Waals surface area contributed by atoms with Gasteiger partial charge < -0.3 is 10.1 Å². The van der Waals surface area contributed by atoms with Crippen molar-refractivity contribution in [2.24, 2.45) is 0 Å². The molecule has 0 unspecified atom stereocenters. The zero-order valence-corrected chi connectivity index (χ0v) is 16.7. The van der Waals surface area contributed by atoms with Crippen molar-refractivity contribution in [3.05, 3.63) is 63.5 Å². The first kappa shape index (κ1) is 18.3. The number of amides is 1. The van der Waals surface area contributed by atoms with Crippen LogP contribution in [0, 0.1) is 0 Å². The van der Waals surface area contributed by atoms with E-state index in [2.05, 4.69) is 34.5 Å². The maximum Gasteiger partial charge on any atom is 0.265 e. The maximum atomic E-state index is 12.7. The Morgan fingerprint density at radius 1 is 1.26 bits per heavy atom. The fraction of sp³-hybridized carbons (Fsp3) is 0.286. The van der Waals surface area contributed by atoms with Crippen LogP contribution in [0.25, 0.3) is 10.1 Å².